The van der Waals surface area contributed by atoms with Crippen LogP contribution >= 0.6 is 0 Å². The summed E-state index contributed by atoms with van der Waals surface area (Å²) in [6.45, 7) is 2.85. The summed E-state index contributed by atoms with van der Waals surface area (Å²) in [6, 6.07) is 8.06. The maximum atomic E-state index is 13.6. The number of halogens is 1. The molecule has 0 saturated carbocycles. The van der Waals surface area contributed by atoms with Gasteiger partial charge in [0.1, 0.15) is 12.1 Å². The van der Waals surface area contributed by atoms with Crippen LogP contribution in [-0.4, -0.2) is 30.5 Å². The molecule has 2 aromatic heterocycles. The summed E-state index contributed by atoms with van der Waals surface area (Å²) in [6.07, 6.45) is 3.16. The van der Waals surface area contributed by atoms with Crippen molar-refractivity contribution in [2.75, 3.05) is 5.32 Å². The highest BCUT2D eigenvalue weighted by molar-refractivity contribution is 6.01. The molecule has 0 aliphatic rings. The maximum absolute atomic E-state index is 13.6. The van der Waals surface area contributed by atoms with E-state index in [1.54, 1.807) is 35.1 Å². The van der Waals surface area contributed by atoms with Gasteiger partial charge in [0.2, 0.25) is 5.95 Å². The number of nitrogens with zero attached hydrogens (tertiary/aromatic N) is 5. The first-order valence-corrected chi connectivity index (χ1v) is 7.13. The monoisotopic (exact) mass is 314 g/mol. The van der Waals surface area contributed by atoms with Gasteiger partial charge in [-0.15, -0.1) is 5.10 Å². The van der Waals surface area contributed by atoms with E-state index in [0.29, 0.717) is 12.1 Å². The lowest BCUT2D eigenvalue weighted by Gasteiger charge is -2.02. The number of amides is 1. The van der Waals surface area contributed by atoms with Gasteiger partial charge >= 0.3 is 0 Å². The van der Waals surface area contributed by atoms with Crippen LogP contribution in [0.25, 0.3) is 0 Å². The van der Waals surface area contributed by atoms with Gasteiger partial charge in [-0.05, 0) is 19.1 Å². The molecule has 1 aromatic carbocycles. The summed E-state index contributed by atoms with van der Waals surface area (Å²) in [5.41, 5.74) is 0.786. The zero-order valence-electron chi connectivity index (χ0n) is 12.5. The molecule has 1 amide bonds. The maximum Gasteiger partial charge on any atom is 0.278 e. The highest BCUT2D eigenvalue weighted by Crippen LogP contribution is 2.09. The lowest BCUT2D eigenvalue weighted by atomic mass is 10.2. The van der Waals surface area contributed by atoms with Crippen LogP contribution in [0, 0.1) is 5.82 Å². The molecule has 0 unspecified atom stereocenters. The van der Waals surface area contributed by atoms with Crippen molar-refractivity contribution >= 4 is 11.9 Å². The van der Waals surface area contributed by atoms with E-state index >= 15 is 0 Å². The molecular weight excluding hydrogens is 299 g/mol. The van der Waals surface area contributed by atoms with Crippen LogP contribution in [0.4, 0.5) is 10.3 Å². The number of carbonyl (C=O) groups excluding carboxylic acids is 1. The summed E-state index contributed by atoms with van der Waals surface area (Å²) in [5.74, 6) is -0.545. The molecule has 1 N–H and O–H groups in total. The number of aryl methyl sites for hydroxylation is 1. The lowest BCUT2D eigenvalue weighted by molar-refractivity contribution is 0.102. The van der Waals surface area contributed by atoms with E-state index in [9.17, 15) is 9.18 Å². The minimum Gasteiger partial charge on any atom is -0.288 e. The summed E-state index contributed by atoms with van der Waals surface area (Å²) < 4.78 is 16.7. The van der Waals surface area contributed by atoms with E-state index < -0.39 is 0 Å². The Balaban J connectivity index is 1.67. The van der Waals surface area contributed by atoms with Crippen LogP contribution in [0.2, 0.25) is 0 Å². The zero-order valence-corrected chi connectivity index (χ0v) is 12.5. The third kappa shape index (κ3) is 3.42. The first-order chi connectivity index (χ1) is 11.2. The molecule has 0 bridgehead atoms. The van der Waals surface area contributed by atoms with Gasteiger partial charge < -0.3 is 0 Å². The predicted octanol–water partition coefficient (Wildman–Crippen LogP) is 1.93. The van der Waals surface area contributed by atoms with E-state index in [0.717, 1.165) is 0 Å². The van der Waals surface area contributed by atoms with Gasteiger partial charge in [-0.25, -0.2) is 14.1 Å². The fourth-order valence-electron chi connectivity index (χ4n) is 2.05. The Hall–Kier alpha value is -3.03. The first kappa shape index (κ1) is 14.9. The number of rotatable bonds is 5. The summed E-state index contributed by atoms with van der Waals surface area (Å²) >= 11 is 0. The van der Waals surface area contributed by atoms with E-state index in [4.69, 9.17) is 0 Å². The molecule has 0 aliphatic carbocycles. The molecule has 7 nitrogen and oxygen atoms in total. The number of anilines is 1. The molecule has 2 heterocycles. The Bertz CT molecular complexity index is 825. The number of hydrogen-bond donors (Lipinski definition) is 1. The van der Waals surface area contributed by atoms with Crippen molar-refractivity contribution in [3.8, 4) is 0 Å². The average molecular weight is 314 g/mol. The highest BCUT2D eigenvalue weighted by Gasteiger charge is 2.12. The van der Waals surface area contributed by atoms with Gasteiger partial charge in [0, 0.05) is 18.3 Å². The first-order valence-electron chi connectivity index (χ1n) is 7.13. The Morgan fingerprint density at radius 1 is 1.22 bits per heavy atom. The van der Waals surface area contributed by atoms with Crippen molar-refractivity contribution in [2.45, 2.75) is 20.0 Å². The smallest absolute Gasteiger partial charge is 0.278 e. The Kier molecular flexibility index (Phi) is 4.13. The summed E-state index contributed by atoms with van der Waals surface area (Å²) in [4.78, 5) is 16.0. The SMILES string of the molecule is CCn1ccc(C(=O)Nc2ncn(Cc3ccccc3F)n2)n1. The van der Waals surface area contributed by atoms with Crippen molar-refractivity contribution in [3.63, 3.8) is 0 Å². The molecule has 3 aromatic rings. The molecule has 0 radical (unpaired) electrons. The van der Waals surface area contributed by atoms with Gasteiger partial charge in [-0.3, -0.25) is 14.8 Å². The molecule has 0 spiro atoms. The van der Waals surface area contributed by atoms with Crippen LogP contribution < -0.4 is 5.32 Å². The van der Waals surface area contributed by atoms with Gasteiger partial charge in [0.25, 0.3) is 5.91 Å². The molecule has 0 fully saturated rings. The van der Waals surface area contributed by atoms with Crippen molar-refractivity contribution in [1.82, 2.24) is 24.5 Å². The van der Waals surface area contributed by atoms with Gasteiger partial charge in [-0.1, -0.05) is 18.2 Å². The lowest BCUT2D eigenvalue weighted by Crippen LogP contribution is -2.14. The Morgan fingerprint density at radius 3 is 2.78 bits per heavy atom. The number of carbonyl (C=O) groups is 1. The normalized spacial score (nSPS) is 10.7. The Labute approximate surface area is 131 Å². The van der Waals surface area contributed by atoms with Gasteiger partial charge in [0.15, 0.2) is 5.69 Å². The average Bonchev–Trinajstić information content (AvgIpc) is 3.19. The fourth-order valence-corrected chi connectivity index (χ4v) is 2.05. The largest absolute Gasteiger partial charge is 0.288 e. The standard InChI is InChI=1S/C15H15FN6O/c1-2-21-8-7-13(19-21)14(23)18-15-17-10-22(20-15)9-11-5-3-4-6-12(11)16/h3-8,10H,2,9H2,1H3,(H,18,20,23). The van der Waals surface area contributed by atoms with Crippen molar-refractivity contribution in [3.05, 3.63) is 59.9 Å². The van der Waals surface area contributed by atoms with Crippen LogP contribution in [0.3, 0.4) is 0 Å². The second-order valence-corrected chi connectivity index (χ2v) is 4.87. The number of aromatic nitrogens is 5. The molecule has 118 valence electrons. The van der Waals surface area contributed by atoms with E-state index in [1.165, 1.54) is 17.1 Å². The van der Waals surface area contributed by atoms with Crippen molar-refractivity contribution in [1.29, 1.82) is 0 Å². The van der Waals surface area contributed by atoms with Crippen molar-refractivity contribution < 1.29 is 9.18 Å². The number of nitrogens with one attached hydrogen (secondary N) is 1. The number of benzene rings is 1. The summed E-state index contributed by atoms with van der Waals surface area (Å²) in [7, 11) is 0. The molecule has 8 heteroatoms. The number of hydrogen-bond acceptors (Lipinski definition) is 4. The topological polar surface area (TPSA) is 77.6 Å². The van der Waals surface area contributed by atoms with Crippen LogP contribution in [0.5, 0.6) is 0 Å². The zero-order chi connectivity index (χ0) is 16.2. The predicted molar refractivity (Wildman–Crippen MR) is 81.4 cm³/mol. The molecule has 0 aliphatic heterocycles. The van der Waals surface area contributed by atoms with Crippen LogP contribution in [0.15, 0.2) is 42.9 Å². The fraction of sp³-hybridized carbons (Fsp3) is 0.200. The van der Waals surface area contributed by atoms with E-state index in [1.807, 2.05) is 6.92 Å². The molecular formula is C15H15FN6O. The Morgan fingerprint density at radius 2 is 2.04 bits per heavy atom. The second kappa shape index (κ2) is 6.39. The molecule has 3 rings (SSSR count). The summed E-state index contributed by atoms with van der Waals surface area (Å²) in [5, 5.41) is 10.8. The highest BCUT2D eigenvalue weighted by atomic mass is 19.1. The van der Waals surface area contributed by atoms with Gasteiger partial charge in [0.05, 0.1) is 6.54 Å². The molecule has 0 atom stereocenters. The third-order valence-corrected chi connectivity index (χ3v) is 3.25. The van der Waals surface area contributed by atoms with Crippen LogP contribution in [0.1, 0.15) is 23.0 Å². The minimum absolute atomic E-state index is 0.150. The van der Waals surface area contributed by atoms with Crippen LogP contribution in [-0.2, 0) is 13.1 Å². The molecule has 23 heavy (non-hydrogen) atoms. The molecule has 0 saturated heterocycles. The second-order valence-electron chi connectivity index (χ2n) is 4.87. The van der Waals surface area contributed by atoms with Gasteiger partial charge in [-0.2, -0.15) is 5.10 Å². The quantitative estimate of drug-likeness (QED) is 0.780. The minimum atomic E-state index is -0.388. The third-order valence-electron chi connectivity index (χ3n) is 3.25. The van der Waals surface area contributed by atoms with E-state index in [2.05, 4.69) is 20.5 Å². The van der Waals surface area contributed by atoms with Crippen molar-refractivity contribution in [2.24, 2.45) is 0 Å². The van der Waals surface area contributed by atoms with E-state index in [-0.39, 0.29) is 29.9 Å².